The second kappa shape index (κ2) is 8.58. The van der Waals surface area contributed by atoms with Crippen LogP contribution < -0.4 is 5.32 Å². The first-order chi connectivity index (χ1) is 12.9. The minimum Gasteiger partial charge on any atom is -0.464 e. The predicted octanol–water partition coefficient (Wildman–Crippen LogP) is 4.55. The summed E-state index contributed by atoms with van der Waals surface area (Å²) in [4.78, 5) is 14.0. The van der Waals surface area contributed by atoms with Crippen LogP contribution in [0.5, 0.6) is 0 Å². The van der Waals surface area contributed by atoms with Crippen molar-refractivity contribution in [2.75, 3.05) is 18.1 Å². The maximum Gasteiger partial charge on any atom is 0.233 e. The molecule has 0 saturated heterocycles. The Morgan fingerprint density at radius 1 is 1.19 bits per heavy atom. The smallest absolute Gasteiger partial charge is 0.233 e. The van der Waals surface area contributed by atoms with Crippen LogP contribution in [-0.2, 0) is 11.3 Å². The molecule has 8 heteroatoms. The number of anilines is 2. The summed E-state index contributed by atoms with van der Waals surface area (Å²) >= 11 is 2.83. The summed E-state index contributed by atoms with van der Waals surface area (Å²) in [5.74, 6) is 1.96. The van der Waals surface area contributed by atoms with Gasteiger partial charge >= 0.3 is 0 Å². The summed E-state index contributed by atoms with van der Waals surface area (Å²) < 4.78 is 6.27. The highest BCUT2D eigenvalue weighted by molar-refractivity contribution is 8.01. The number of amides is 1. The molecule has 0 spiro atoms. The van der Waals surface area contributed by atoms with Crippen molar-refractivity contribution in [3.8, 4) is 0 Å². The average Bonchev–Trinajstić information content (AvgIpc) is 3.25. The van der Waals surface area contributed by atoms with Gasteiger partial charge in [0.15, 0.2) is 4.34 Å². The molecule has 1 amide bonds. The third kappa shape index (κ3) is 5.33. The molecule has 0 saturated carbocycles. The summed E-state index contributed by atoms with van der Waals surface area (Å²) in [6, 6.07) is 9.96. The second-order valence-electron chi connectivity index (χ2n) is 6.35. The number of hydrogen-bond donors (Lipinski definition) is 1. The van der Waals surface area contributed by atoms with Crippen LogP contribution in [0.15, 0.2) is 39.1 Å². The number of thioether (sulfide) groups is 1. The minimum atomic E-state index is 0.0212. The molecule has 0 radical (unpaired) electrons. The van der Waals surface area contributed by atoms with Gasteiger partial charge < -0.3 is 14.6 Å². The fourth-order valence-electron chi connectivity index (χ4n) is 2.39. The van der Waals surface area contributed by atoms with Crippen LogP contribution in [0.1, 0.15) is 22.6 Å². The quantitative estimate of drug-likeness (QED) is 0.585. The summed E-state index contributed by atoms with van der Waals surface area (Å²) in [5.41, 5.74) is 3.45. The van der Waals surface area contributed by atoms with Crippen LogP contribution in [0.3, 0.4) is 0 Å². The molecule has 1 N–H and O–H groups in total. The number of benzene rings is 1. The molecule has 3 aromatic rings. The Bertz CT molecular complexity index is 935. The molecule has 0 fully saturated rings. The van der Waals surface area contributed by atoms with Crippen molar-refractivity contribution in [1.82, 2.24) is 15.1 Å². The molecule has 3 rings (SSSR count). The van der Waals surface area contributed by atoms with Crippen LogP contribution in [0.4, 0.5) is 10.8 Å². The molecule has 2 aromatic heterocycles. The van der Waals surface area contributed by atoms with Crippen molar-refractivity contribution in [2.24, 2.45) is 0 Å². The zero-order valence-electron chi connectivity index (χ0n) is 15.8. The van der Waals surface area contributed by atoms with E-state index in [-0.39, 0.29) is 5.91 Å². The van der Waals surface area contributed by atoms with Crippen LogP contribution in [0.25, 0.3) is 0 Å². The molecule has 0 aliphatic rings. The van der Waals surface area contributed by atoms with Crippen molar-refractivity contribution in [3.63, 3.8) is 0 Å². The lowest BCUT2D eigenvalue weighted by Crippen LogP contribution is -2.27. The monoisotopic (exact) mass is 402 g/mol. The lowest BCUT2D eigenvalue weighted by molar-refractivity contribution is -0.127. The van der Waals surface area contributed by atoms with Crippen LogP contribution >= 0.6 is 23.1 Å². The van der Waals surface area contributed by atoms with Gasteiger partial charge in [0.25, 0.3) is 0 Å². The Hall–Kier alpha value is -2.32. The summed E-state index contributed by atoms with van der Waals surface area (Å²) in [6.07, 6.45) is 0. The van der Waals surface area contributed by atoms with Crippen LogP contribution in [0.2, 0.25) is 0 Å². The lowest BCUT2D eigenvalue weighted by atomic mass is 10.1. The molecule has 0 atom stereocenters. The van der Waals surface area contributed by atoms with Gasteiger partial charge in [-0.1, -0.05) is 29.2 Å². The number of aryl methyl sites for hydroxylation is 3. The first kappa shape index (κ1) is 19.4. The maximum absolute atomic E-state index is 12.3. The van der Waals surface area contributed by atoms with E-state index in [2.05, 4.69) is 41.5 Å². The number of carbonyl (C=O) groups excluding carboxylic acids is 1. The zero-order chi connectivity index (χ0) is 19.4. The van der Waals surface area contributed by atoms with E-state index < -0.39 is 0 Å². The SMILES string of the molecule is Cc1ccc(CN(C)C(=O)CSc2nnc(Nc3ccc(C)c(C)c3)s2)o1. The van der Waals surface area contributed by atoms with E-state index in [1.165, 1.54) is 34.2 Å². The lowest BCUT2D eigenvalue weighted by Gasteiger charge is -2.14. The number of aromatic nitrogens is 2. The fourth-order valence-corrected chi connectivity index (χ4v) is 4.10. The van der Waals surface area contributed by atoms with Crippen molar-refractivity contribution in [3.05, 3.63) is 53.0 Å². The van der Waals surface area contributed by atoms with Gasteiger partial charge in [-0.05, 0) is 56.2 Å². The fraction of sp³-hybridized carbons (Fsp3) is 0.316. The van der Waals surface area contributed by atoms with E-state index in [4.69, 9.17) is 4.42 Å². The molecule has 0 unspecified atom stereocenters. The summed E-state index contributed by atoms with van der Waals surface area (Å²) in [7, 11) is 1.77. The minimum absolute atomic E-state index is 0.0212. The van der Waals surface area contributed by atoms with Gasteiger partial charge in [0.05, 0.1) is 12.3 Å². The molecule has 0 bridgehead atoms. The van der Waals surface area contributed by atoms with Gasteiger partial charge in [-0.2, -0.15) is 0 Å². The Balaban J connectivity index is 1.51. The topological polar surface area (TPSA) is 71.3 Å². The molecule has 0 aliphatic carbocycles. The van der Waals surface area contributed by atoms with Gasteiger partial charge in [0.2, 0.25) is 11.0 Å². The van der Waals surface area contributed by atoms with Crippen LogP contribution in [-0.4, -0.2) is 33.8 Å². The maximum atomic E-state index is 12.3. The van der Waals surface area contributed by atoms with Crippen molar-refractivity contribution >= 4 is 39.8 Å². The third-order valence-electron chi connectivity index (χ3n) is 4.10. The molecule has 0 aliphatic heterocycles. The van der Waals surface area contributed by atoms with E-state index in [0.717, 1.165) is 21.5 Å². The van der Waals surface area contributed by atoms with E-state index in [9.17, 15) is 4.79 Å². The Morgan fingerprint density at radius 2 is 2.00 bits per heavy atom. The van der Waals surface area contributed by atoms with Crippen molar-refractivity contribution in [2.45, 2.75) is 31.7 Å². The normalized spacial score (nSPS) is 10.8. The number of nitrogens with zero attached hydrogens (tertiary/aromatic N) is 3. The molecule has 27 heavy (non-hydrogen) atoms. The number of furan rings is 1. The largest absolute Gasteiger partial charge is 0.464 e. The van der Waals surface area contributed by atoms with Gasteiger partial charge in [0, 0.05) is 12.7 Å². The van der Waals surface area contributed by atoms with E-state index in [1.807, 2.05) is 25.1 Å². The van der Waals surface area contributed by atoms with Crippen LogP contribution in [0, 0.1) is 20.8 Å². The van der Waals surface area contributed by atoms with E-state index >= 15 is 0 Å². The molecule has 1 aromatic carbocycles. The predicted molar refractivity (Wildman–Crippen MR) is 110 cm³/mol. The van der Waals surface area contributed by atoms with E-state index in [0.29, 0.717) is 17.4 Å². The third-order valence-corrected chi connectivity index (χ3v) is 6.06. The number of carbonyl (C=O) groups is 1. The standard InChI is InChI=1S/C19H22N4O2S2/c1-12-5-7-15(9-13(12)2)20-18-21-22-19(27-18)26-11-17(24)23(4)10-16-8-6-14(3)25-16/h5-9H,10-11H2,1-4H3,(H,20,21). The van der Waals surface area contributed by atoms with Crippen molar-refractivity contribution < 1.29 is 9.21 Å². The zero-order valence-corrected chi connectivity index (χ0v) is 17.4. The van der Waals surface area contributed by atoms with E-state index in [1.54, 1.807) is 11.9 Å². The molecule has 6 nitrogen and oxygen atoms in total. The van der Waals surface area contributed by atoms with Gasteiger partial charge in [-0.15, -0.1) is 10.2 Å². The molecule has 142 valence electrons. The summed E-state index contributed by atoms with van der Waals surface area (Å²) in [6.45, 7) is 6.51. The second-order valence-corrected chi connectivity index (χ2v) is 8.55. The van der Waals surface area contributed by atoms with Gasteiger partial charge in [-0.3, -0.25) is 4.79 Å². The number of hydrogen-bond acceptors (Lipinski definition) is 7. The highest BCUT2D eigenvalue weighted by Crippen LogP contribution is 2.28. The van der Waals surface area contributed by atoms with Gasteiger partial charge in [0.1, 0.15) is 11.5 Å². The first-order valence-electron chi connectivity index (χ1n) is 8.50. The Kier molecular flexibility index (Phi) is 6.18. The molecular formula is C19H22N4O2S2. The van der Waals surface area contributed by atoms with Gasteiger partial charge in [-0.25, -0.2) is 0 Å². The molecule has 2 heterocycles. The number of rotatable bonds is 7. The average molecular weight is 403 g/mol. The Labute approximate surface area is 167 Å². The number of nitrogens with one attached hydrogen (secondary N) is 1. The highest BCUT2D eigenvalue weighted by Gasteiger charge is 2.14. The van der Waals surface area contributed by atoms with Crippen molar-refractivity contribution in [1.29, 1.82) is 0 Å². The highest BCUT2D eigenvalue weighted by atomic mass is 32.2. The molecular weight excluding hydrogens is 380 g/mol. The summed E-state index contributed by atoms with van der Waals surface area (Å²) in [5, 5.41) is 12.3. The first-order valence-corrected chi connectivity index (χ1v) is 10.3. The Morgan fingerprint density at radius 3 is 2.70 bits per heavy atom.